The Morgan fingerprint density at radius 1 is 1.06 bits per heavy atom. The average molecular weight is 245 g/mol. The number of pyridine rings is 1. The Balaban J connectivity index is 2.02. The minimum absolute atomic E-state index is 0.534. The molecule has 3 aromatic rings. The molecule has 0 aliphatic heterocycles. The van der Waals surface area contributed by atoms with E-state index in [1.807, 2.05) is 18.2 Å². The second kappa shape index (κ2) is 4.14. The highest BCUT2D eigenvalue weighted by molar-refractivity contribution is 6.34. The first-order valence-corrected chi connectivity index (χ1v) is 5.58. The Labute approximate surface area is 103 Å². The highest BCUT2D eigenvalue weighted by atomic mass is 35.5. The number of nitrogens with zero attached hydrogens (tertiary/aromatic N) is 4. The summed E-state index contributed by atoms with van der Waals surface area (Å²) in [5, 5.41) is 10.7. The van der Waals surface area contributed by atoms with Gasteiger partial charge in [0, 0.05) is 11.6 Å². The fraction of sp³-hybridized carbons (Fsp3) is 0.0833. The van der Waals surface area contributed by atoms with E-state index in [-0.39, 0.29) is 0 Å². The van der Waals surface area contributed by atoms with Crippen LogP contribution in [0.3, 0.4) is 0 Å². The van der Waals surface area contributed by atoms with Crippen LogP contribution in [0, 0.1) is 0 Å². The lowest BCUT2D eigenvalue weighted by Gasteiger charge is -2.04. The molecule has 0 aliphatic rings. The summed E-state index contributed by atoms with van der Waals surface area (Å²) in [5.74, 6) is 0. The monoisotopic (exact) mass is 244 g/mol. The van der Waals surface area contributed by atoms with Gasteiger partial charge in [-0.2, -0.15) is 15.0 Å². The second-order valence-corrected chi connectivity index (χ2v) is 4.07. The Bertz CT molecular complexity index is 649. The zero-order valence-corrected chi connectivity index (χ0v) is 9.67. The molecular formula is C12H9ClN4. The fourth-order valence-electron chi connectivity index (χ4n) is 1.78. The van der Waals surface area contributed by atoms with Gasteiger partial charge in [-0.3, -0.25) is 0 Å². The molecular weight excluding hydrogens is 236 g/mol. The van der Waals surface area contributed by atoms with Crippen molar-refractivity contribution in [3.8, 4) is 0 Å². The number of benzene rings is 1. The second-order valence-electron chi connectivity index (χ2n) is 3.72. The molecule has 3 rings (SSSR count). The molecule has 1 aromatic carbocycles. The number of rotatable bonds is 2. The number of aromatic nitrogens is 4. The van der Waals surface area contributed by atoms with Crippen molar-refractivity contribution in [2.45, 2.75) is 6.54 Å². The summed E-state index contributed by atoms with van der Waals surface area (Å²) < 4.78 is 0. The average Bonchev–Trinajstić information content (AvgIpc) is 2.82. The van der Waals surface area contributed by atoms with Gasteiger partial charge < -0.3 is 0 Å². The quantitative estimate of drug-likeness (QED) is 0.651. The van der Waals surface area contributed by atoms with Gasteiger partial charge in [-0.05, 0) is 23.1 Å². The van der Waals surface area contributed by atoms with Gasteiger partial charge in [0.05, 0.1) is 18.9 Å². The molecule has 0 bridgehead atoms. The summed E-state index contributed by atoms with van der Waals surface area (Å²) in [6, 6.07) is 8.01. The normalized spacial score (nSPS) is 10.9. The Kier molecular flexibility index (Phi) is 2.49. The maximum atomic E-state index is 6.01. The van der Waals surface area contributed by atoms with Gasteiger partial charge >= 0.3 is 0 Å². The molecule has 0 radical (unpaired) electrons. The molecule has 4 nitrogen and oxygen atoms in total. The van der Waals surface area contributed by atoms with Crippen LogP contribution in [0.2, 0.25) is 5.15 Å². The Morgan fingerprint density at radius 2 is 1.88 bits per heavy atom. The Morgan fingerprint density at radius 3 is 2.71 bits per heavy atom. The zero-order valence-electron chi connectivity index (χ0n) is 8.92. The summed E-state index contributed by atoms with van der Waals surface area (Å²) >= 11 is 6.01. The van der Waals surface area contributed by atoms with E-state index in [1.165, 1.54) is 0 Å². The molecule has 0 fully saturated rings. The van der Waals surface area contributed by atoms with Crippen LogP contribution in [-0.4, -0.2) is 20.0 Å². The number of halogens is 1. The van der Waals surface area contributed by atoms with Gasteiger partial charge in [0.1, 0.15) is 5.15 Å². The lowest BCUT2D eigenvalue weighted by Crippen LogP contribution is -2.03. The maximum Gasteiger partial charge on any atom is 0.136 e. The van der Waals surface area contributed by atoms with Crippen molar-refractivity contribution < 1.29 is 0 Å². The largest absolute Gasteiger partial charge is 0.244 e. The van der Waals surface area contributed by atoms with Crippen LogP contribution in [0.15, 0.2) is 42.9 Å². The van der Waals surface area contributed by atoms with Gasteiger partial charge in [-0.1, -0.05) is 23.7 Å². The van der Waals surface area contributed by atoms with Crippen LogP contribution >= 0.6 is 11.6 Å². The van der Waals surface area contributed by atoms with Crippen LogP contribution in [0.4, 0.5) is 0 Å². The molecule has 0 saturated carbocycles. The van der Waals surface area contributed by atoms with Gasteiger partial charge in [-0.25, -0.2) is 4.98 Å². The van der Waals surface area contributed by atoms with E-state index in [9.17, 15) is 0 Å². The van der Waals surface area contributed by atoms with Gasteiger partial charge in [-0.15, -0.1) is 0 Å². The molecule has 2 aromatic heterocycles. The van der Waals surface area contributed by atoms with E-state index in [0.29, 0.717) is 11.7 Å². The summed E-state index contributed by atoms with van der Waals surface area (Å²) in [4.78, 5) is 5.69. The van der Waals surface area contributed by atoms with Crippen molar-refractivity contribution in [1.82, 2.24) is 20.0 Å². The highest BCUT2D eigenvalue weighted by Crippen LogP contribution is 2.22. The molecule has 0 unspecified atom stereocenters. The molecule has 0 N–H and O–H groups in total. The first-order chi connectivity index (χ1) is 8.33. The number of hydrogen-bond donors (Lipinski definition) is 0. The number of fused-ring (bicyclic) bond motifs is 1. The predicted octanol–water partition coefficient (Wildman–Crippen LogP) is 2.53. The third-order valence-electron chi connectivity index (χ3n) is 2.57. The zero-order chi connectivity index (χ0) is 11.7. The van der Waals surface area contributed by atoms with Crippen LogP contribution in [0.1, 0.15) is 5.56 Å². The van der Waals surface area contributed by atoms with Crippen LogP contribution in [0.5, 0.6) is 0 Å². The van der Waals surface area contributed by atoms with Crippen molar-refractivity contribution in [2.75, 3.05) is 0 Å². The summed E-state index contributed by atoms with van der Waals surface area (Å²) in [6.45, 7) is 0.656. The van der Waals surface area contributed by atoms with E-state index >= 15 is 0 Å². The minimum Gasteiger partial charge on any atom is -0.244 e. The van der Waals surface area contributed by atoms with Gasteiger partial charge in [0.25, 0.3) is 0 Å². The molecule has 5 heteroatoms. The van der Waals surface area contributed by atoms with E-state index in [0.717, 1.165) is 16.3 Å². The molecule has 0 aliphatic carbocycles. The van der Waals surface area contributed by atoms with E-state index in [1.54, 1.807) is 23.4 Å². The van der Waals surface area contributed by atoms with Crippen molar-refractivity contribution in [1.29, 1.82) is 0 Å². The van der Waals surface area contributed by atoms with Crippen LogP contribution in [0.25, 0.3) is 10.8 Å². The molecule has 2 heterocycles. The van der Waals surface area contributed by atoms with Crippen LogP contribution < -0.4 is 0 Å². The molecule has 84 valence electrons. The van der Waals surface area contributed by atoms with E-state index in [2.05, 4.69) is 21.2 Å². The smallest absolute Gasteiger partial charge is 0.136 e. The Hall–Kier alpha value is -1.94. The highest BCUT2D eigenvalue weighted by Gasteiger charge is 2.02. The summed E-state index contributed by atoms with van der Waals surface area (Å²) in [7, 11) is 0. The third-order valence-corrected chi connectivity index (χ3v) is 2.87. The molecule has 0 atom stereocenters. The lowest BCUT2D eigenvalue weighted by atomic mass is 10.1. The summed E-state index contributed by atoms with van der Waals surface area (Å²) in [5.41, 5.74) is 1.14. The SMILES string of the molecule is Clc1nccc2cc(Cn3nccn3)ccc12. The van der Waals surface area contributed by atoms with E-state index < -0.39 is 0 Å². The third kappa shape index (κ3) is 1.99. The van der Waals surface area contributed by atoms with Gasteiger partial charge in [0.2, 0.25) is 0 Å². The molecule has 0 amide bonds. The minimum atomic E-state index is 0.534. The predicted molar refractivity (Wildman–Crippen MR) is 65.9 cm³/mol. The van der Waals surface area contributed by atoms with Gasteiger partial charge in [0.15, 0.2) is 0 Å². The van der Waals surface area contributed by atoms with E-state index in [4.69, 9.17) is 11.6 Å². The lowest BCUT2D eigenvalue weighted by molar-refractivity contribution is 0.591. The standard InChI is InChI=1S/C12H9ClN4/c13-12-11-2-1-9(7-10(11)3-4-14-12)8-17-15-5-6-16-17/h1-7H,8H2. The topological polar surface area (TPSA) is 43.6 Å². The summed E-state index contributed by atoms with van der Waals surface area (Å²) in [6.07, 6.45) is 5.05. The first-order valence-electron chi connectivity index (χ1n) is 5.20. The molecule has 17 heavy (non-hydrogen) atoms. The maximum absolute atomic E-state index is 6.01. The van der Waals surface area contributed by atoms with Crippen LogP contribution in [-0.2, 0) is 6.54 Å². The van der Waals surface area contributed by atoms with Crippen molar-refractivity contribution in [3.63, 3.8) is 0 Å². The fourth-order valence-corrected chi connectivity index (χ4v) is 2.01. The van der Waals surface area contributed by atoms with Crippen molar-refractivity contribution in [3.05, 3.63) is 53.6 Å². The molecule has 0 saturated heterocycles. The first kappa shape index (κ1) is 10.2. The number of hydrogen-bond acceptors (Lipinski definition) is 3. The van der Waals surface area contributed by atoms with Crippen molar-refractivity contribution in [2.24, 2.45) is 0 Å². The molecule has 0 spiro atoms. The van der Waals surface area contributed by atoms with Crippen molar-refractivity contribution >= 4 is 22.4 Å².